The molecule has 2 aliphatic heterocycles. The fourth-order valence-corrected chi connectivity index (χ4v) is 5.08. The first-order valence-corrected chi connectivity index (χ1v) is 10.6. The van der Waals surface area contributed by atoms with Gasteiger partial charge in [-0.1, -0.05) is 12.1 Å². The molecule has 3 heterocycles. The second-order valence-corrected chi connectivity index (χ2v) is 8.91. The van der Waals surface area contributed by atoms with Gasteiger partial charge in [0.2, 0.25) is 10.0 Å². The Morgan fingerprint density at radius 3 is 2.59 bits per heavy atom. The number of rotatable bonds is 3. The summed E-state index contributed by atoms with van der Waals surface area (Å²) >= 11 is 0. The second kappa shape index (κ2) is 7.48. The van der Waals surface area contributed by atoms with E-state index in [1.807, 2.05) is 0 Å². The number of nitrogens with zero attached hydrogens (tertiary/aromatic N) is 4. The SMILES string of the molecule is Cn1cc(C(=O)N2CCOC3(C2)CN(S(=O)(=O)c2ccccc2F)CCO3)cn1. The minimum absolute atomic E-state index is 0.0595. The molecule has 4 rings (SSSR count). The van der Waals surface area contributed by atoms with E-state index < -0.39 is 26.5 Å². The van der Waals surface area contributed by atoms with Gasteiger partial charge in [-0.15, -0.1) is 0 Å². The number of halogens is 1. The van der Waals surface area contributed by atoms with Gasteiger partial charge in [-0.25, -0.2) is 12.8 Å². The van der Waals surface area contributed by atoms with Crippen molar-refractivity contribution in [1.29, 1.82) is 0 Å². The molecular weight excluding hydrogens is 403 g/mol. The highest BCUT2D eigenvalue weighted by atomic mass is 32.2. The molecule has 0 aliphatic carbocycles. The Hall–Kier alpha value is -2.34. The minimum atomic E-state index is -4.07. The van der Waals surface area contributed by atoms with Gasteiger partial charge in [-0.3, -0.25) is 9.48 Å². The lowest BCUT2D eigenvalue weighted by molar-refractivity contribution is -0.279. The van der Waals surface area contributed by atoms with E-state index in [1.54, 1.807) is 18.1 Å². The maximum absolute atomic E-state index is 14.1. The topological polar surface area (TPSA) is 94.0 Å². The molecule has 0 N–H and O–H groups in total. The van der Waals surface area contributed by atoms with E-state index in [4.69, 9.17) is 9.47 Å². The first-order chi connectivity index (χ1) is 13.8. The zero-order chi connectivity index (χ0) is 20.6. The number of ether oxygens (including phenoxy) is 2. The molecule has 0 bridgehead atoms. The number of carbonyl (C=O) groups is 1. The van der Waals surface area contributed by atoms with Crippen LogP contribution in [0.5, 0.6) is 0 Å². The van der Waals surface area contributed by atoms with Crippen LogP contribution >= 0.6 is 0 Å². The molecule has 29 heavy (non-hydrogen) atoms. The average Bonchev–Trinajstić information content (AvgIpc) is 3.14. The number of hydrogen-bond donors (Lipinski definition) is 0. The Bertz CT molecular complexity index is 1020. The van der Waals surface area contributed by atoms with E-state index in [9.17, 15) is 17.6 Å². The summed E-state index contributed by atoms with van der Waals surface area (Å²) in [5.41, 5.74) is 0.427. The third-order valence-corrected chi connectivity index (χ3v) is 6.85. The summed E-state index contributed by atoms with van der Waals surface area (Å²) in [7, 11) is -2.36. The molecule has 11 heteroatoms. The van der Waals surface area contributed by atoms with Gasteiger partial charge in [0.15, 0.2) is 5.79 Å². The Morgan fingerprint density at radius 1 is 1.17 bits per heavy atom. The van der Waals surface area contributed by atoms with Crippen LogP contribution in [0.3, 0.4) is 0 Å². The smallest absolute Gasteiger partial charge is 0.257 e. The molecule has 9 nitrogen and oxygen atoms in total. The fourth-order valence-electron chi connectivity index (χ4n) is 3.55. The number of carbonyl (C=O) groups excluding carboxylic acids is 1. The van der Waals surface area contributed by atoms with Gasteiger partial charge in [0.05, 0.1) is 38.1 Å². The summed E-state index contributed by atoms with van der Waals surface area (Å²) in [5, 5.41) is 4.01. The molecule has 0 radical (unpaired) electrons. The molecule has 2 aromatic rings. The molecule has 1 aromatic heterocycles. The van der Waals surface area contributed by atoms with E-state index in [1.165, 1.54) is 29.1 Å². The molecule has 1 atom stereocenters. The highest BCUT2D eigenvalue weighted by Gasteiger charge is 2.46. The van der Waals surface area contributed by atoms with Crippen molar-refractivity contribution in [2.75, 3.05) is 39.4 Å². The number of sulfonamides is 1. The molecule has 1 unspecified atom stereocenters. The quantitative estimate of drug-likeness (QED) is 0.710. The molecule has 2 fully saturated rings. The third-order valence-electron chi connectivity index (χ3n) is 4.97. The van der Waals surface area contributed by atoms with Crippen molar-refractivity contribution >= 4 is 15.9 Å². The van der Waals surface area contributed by atoms with Crippen LogP contribution in [0.2, 0.25) is 0 Å². The van der Waals surface area contributed by atoms with Gasteiger partial charge in [-0.2, -0.15) is 9.40 Å². The van der Waals surface area contributed by atoms with Crippen molar-refractivity contribution in [3.63, 3.8) is 0 Å². The van der Waals surface area contributed by atoms with Crippen LogP contribution in [0.1, 0.15) is 10.4 Å². The molecule has 2 saturated heterocycles. The van der Waals surface area contributed by atoms with Gasteiger partial charge in [0.25, 0.3) is 5.91 Å². The lowest BCUT2D eigenvalue weighted by Crippen LogP contribution is -2.63. The normalized spacial score (nSPS) is 23.4. The summed E-state index contributed by atoms with van der Waals surface area (Å²) in [6.07, 6.45) is 3.09. The largest absolute Gasteiger partial charge is 0.346 e. The van der Waals surface area contributed by atoms with Gasteiger partial charge < -0.3 is 14.4 Å². The van der Waals surface area contributed by atoms with Crippen LogP contribution in [0.4, 0.5) is 4.39 Å². The van der Waals surface area contributed by atoms with Crippen LogP contribution in [0, 0.1) is 5.82 Å². The van der Waals surface area contributed by atoms with Crippen molar-refractivity contribution < 1.29 is 27.1 Å². The number of morpholine rings is 2. The Morgan fingerprint density at radius 2 is 1.90 bits per heavy atom. The predicted molar refractivity (Wildman–Crippen MR) is 98.9 cm³/mol. The standard InChI is InChI=1S/C18H21FN4O5S/c1-21-11-14(10-20-21)17(24)22-6-8-27-18(12-22)13-23(7-9-28-18)29(25,26)16-5-3-2-4-15(16)19/h2-5,10-11H,6-9,12-13H2,1H3. The van der Waals surface area contributed by atoms with Gasteiger partial charge in [0.1, 0.15) is 10.7 Å². The van der Waals surface area contributed by atoms with Gasteiger partial charge in [-0.05, 0) is 12.1 Å². The number of benzene rings is 1. The summed E-state index contributed by atoms with van der Waals surface area (Å²) < 4.78 is 54.3. The van der Waals surface area contributed by atoms with Crippen molar-refractivity contribution in [3.05, 3.63) is 48.0 Å². The minimum Gasteiger partial charge on any atom is -0.346 e. The Balaban J connectivity index is 1.55. The summed E-state index contributed by atoms with van der Waals surface area (Å²) in [6, 6.07) is 5.24. The Labute approximate surface area is 167 Å². The fraction of sp³-hybridized carbons (Fsp3) is 0.444. The van der Waals surface area contributed by atoms with Crippen molar-refractivity contribution in [3.8, 4) is 0 Å². The molecule has 2 aliphatic rings. The second-order valence-electron chi connectivity index (χ2n) is 7.01. The lowest BCUT2D eigenvalue weighted by Gasteiger charge is -2.46. The molecule has 1 aromatic carbocycles. The van der Waals surface area contributed by atoms with Crippen molar-refractivity contribution in [2.45, 2.75) is 10.7 Å². The summed E-state index contributed by atoms with van der Waals surface area (Å²) in [6.45, 7) is 0.601. The number of hydrogen-bond acceptors (Lipinski definition) is 6. The third kappa shape index (κ3) is 3.78. The summed E-state index contributed by atoms with van der Waals surface area (Å²) in [5.74, 6) is -2.35. The summed E-state index contributed by atoms with van der Waals surface area (Å²) in [4.78, 5) is 13.9. The highest BCUT2D eigenvalue weighted by Crippen LogP contribution is 2.29. The van der Waals surface area contributed by atoms with Crippen LogP contribution in [-0.4, -0.2) is 78.5 Å². The first-order valence-electron chi connectivity index (χ1n) is 9.11. The average molecular weight is 424 g/mol. The first kappa shape index (κ1) is 20.0. The zero-order valence-electron chi connectivity index (χ0n) is 15.8. The predicted octanol–water partition coefficient (Wildman–Crippen LogP) is 0.449. The maximum Gasteiger partial charge on any atom is 0.257 e. The lowest BCUT2D eigenvalue weighted by atomic mass is 10.1. The van der Waals surface area contributed by atoms with E-state index in [0.717, 1.165) is 10.4 Å². The van der Waals surface area contributed by atoms with Crippen LogP contribution < -0.4 is 0 Å². The molecule has 1 spiro atoms. The van der Waals surface area contributed by atoms with Crippen LogP contribution in [0.25, 0.3) is 0 Å². The van der Waals surface area contributed by atoms with Crippen molar-refractivity contribution in [1.82, 2.24) is 19.0 Å². The van der Waals surface area contributed by atoms with E-state index in [-0.39, 0.29) is 38.8 Å². The number of amides is 1. The van der Waals surface area contributed by atoms with E-state index >= 15 is 0 Å². The monoisotopic (exact) mass is 424 g/mol. The molecular formula is C18H21FN4O5S. The van der Waals surface area contributed by atoms with Gasteiger partial charge >= 0.3 is 0 Å². The number of aromatic nitrogens is 2. The van der Waals surface area contributed by atoms with Crippen LogP contribution in [0.15, 0.2) is 41.6 Å². The van der Waals surface area contributed by atoms with E-state index in [2.05, 4.69) is 5.10 Å². The van der Waals surface area contributed by atoms with E-state index in [0.29, 0.717) is 12.1 Å². The number of aryl methyl sites for hydroxylation is 1. The Kier molecular flexibility index (Phi) is 5.15. The molecule has 156 valence electrons. The zero-order valence-corrected chi connectivity index (χ0v) is 16.6. The van der Waals surface area contributed by atoms with Crippen LogP contribution in [-0.2, 0) is 26.5 Å². The maximum atomic E-state index is 14.1. The van der Waals surface area contributed by atoms with Crippen molar-refractivity contribution in [2.24, 2.45) is 7.05 Å². The highest BCUT2D eigenvalue weighted by molar-refractivity contribution is 7.89. The van der Waals surface area contributed by atoms with Gasteiger partial charge in [0, 0.05) is 26.3 Å². The molecule has 1 amide bonds. The molecule has 0 saturated carbocycles.